The van der Waals surface area contributed by atoms with Gasteiger partial charge in [0.15, 0.2) is 0 Å². The molecule has 2 bridgehead atoms. The molecule has 3 heterocycles. The Morgan fingerprint density at radius 2 is 2.11 bits per heavy atom. The van der Waals surface area contributed by atoms with Crippen LogP contribution in [0, 0.1) is 0 Å². The van der Waals surface area contributed by atoms with Gasteiger partial charge in [-0.25, -0.2) is 4.98 Å². The fourth-order valence-corrected chi connectivity index (χ4v) is 3.93. The van der Waals surface area contributed by atoms with Crippen LogP contribution in [0.2, 0.25) is 0 Å². The topological polar surface area (TPSA) is 28.6 Å². The van der Waals surface area contributed by atoms with Crippen LogP contribution < -0.4 is 0 Å². The van der Waals surface area contributed by atoms with Gasteiger partial charge in [0.1, 0.15) is 5.01 Å². The van der Waals surface area contributed by atoms with E-state index in [-0.39, 0.29) is 0 Å². The van der Waals surface area contributed by atoms with E-state index in [2.05, 4.69) is 34.0 Å². The van der Waals surface area contributed by atoms with Gasteiger partial charge in [-0.2, -0.15) is 0 Å². The summed E-state index contributed by atoms with van der Waals surface area (Å²) in [6.45, 7) is 9.55. The minimum atomic E-state index is 0.553. The molecule has 0 aromatic carbocycles. The van der Waals surface area contributed by atoms with E-state index in [0.717, 1.165) is 32.8 Å². The first kappa shape index (κ1) is 12.5. The van der Waals surface area contributed by atoms with Crippen molar-refractivity contribution in [2.45, 2.75) is 38.5 Å². The first-order valence-corrected chi connectivity index (χ1v) is 7.58. The van der Waals surface area contributed by atoms with Crippen LogP contribution in [-0.4, -0.2) is 59.2 Å². The number of thiazole rings is 1. The molecule has 1 aromatic rings. The number of ether oxygens (including phenoxy) is 1. The zero-order chi connectivity index (χ0) is 12.5. The third-order valence-corrected chi connectivity index (χ3v) is 4.60. The standard InChI is InChI=1S/C13H21N3OS/c1-10(2)16-11-5-15(6-12(16)9-17-8-11)7-13-14-3-4-18-13/h3-4,10-12H,5-9H2,1-2H3/t11-,12-/m1/s1. The van der Waals surface area contributed by atoms with E-state index in [1.54, 1.807) is 11.3 Å². The molecule has 5 heteroatoms. The summed E-state index contributed by atoms with van der Waals surface area (Å²) in [5.41, 5.74) is 0. The Labute approximate surface area is 113 Å². The molecule has 1 aromatic heterocycles. The number of nitrogens with zero attached hydrogens (tertiary/aromatic N) is 3. The monoisotopic (exact) mass is 267 g/mol. The van der Waals surface area contributed by atoms with Crippen molar-refractivity contribution < 1.29 is 4.74 Å². The van der Waals surface area contributed by atoms with E-state index in [0.29, 0.717) is 18.1 Å². The van der Waals surface area contributed by atoms with Crippen molar-refractivity contribution in [3.63, 3.8) is 0 Å². The Bertz CT molecular complexity index is 368. The van der Waals surface area contributed by atoms with Crippen molar-refractivity contribution in [3.05, 3.63) is 16.6 Å². The van der Waals surface area contributed by atoms with Crippen LogP contribution in [0.1, 0.15) is 18.9 Å². The maximum atomic E-state index is 5.72. The largest absolute Gasteiger partial charge is 0.378 e. The highest BCUT2D eigenvalue weighted by Gasteiger charge is 2.39. The number of hydrogen-bond donors (Lipinski definition) is 0. The van der Waals surface area contributed by atoms with Gasteiger partial charge in [-0.15, -0.1) is 11.3 Å². The smallest absolute Gasteiger partial charge is 0.107 e. The minimum absolute atomic E-state index is 0.553. The van der Waals surface area contributed by atoms with Crippen LogP contribution in [0.3, 0.4) is 0 Å². The summed E-state index contributed by atoms with van der Waals surface area (Å²) in [7, 11) is 0. The van der Waals surface area contributed by atoms with Gasteiger partial charge in [0.05, 0.1) is 19.8 Å². The average Bonchev–Trinajstić information content (AvgIpc) is 2.80. The van der Waals surface area contributed by atoms with Crippen molar-refractivity contribution in [2.24, 2.45) is 0 Å². The Morgan fingerprint density at radius 1 is 1.39 bits per heavy atom. The molecule has 3 rings (SSSR count). The second-order valence-electron chi connectivity index (χ2n) is 5.51. The zero-order valence-electron chi connectivity index (χ0n) is 11.1. The lowest BCUT2D eigenvalue weighted by Gasteiger charge is -2.51. The first-order chi connectivity index (χ1) is 8.74. The predicted octanol–water partition coefficient (Wildman–Crippen LogP) is 1.44. The third kappa shape index (κ3) is 2.45. The number of aromatic nitrogens is 1. The van der Waals surface area contributed by atoms with E-state index >= 15 is 0 Å². The van der Waals surface area contributed by atoms with Crippen molar-refractivity contribution in [1.29, 1.82) is 0 Å². The molecule has 4 nitrogen and oxygen atoms in total. The molecule has 0 radical (unpaired) electrons. The molecular formula is C13H21N3OS. The van der Waals surface area contributed by atoms with Gasteiger partial charge < -0.3 is 4.74 Å². The van der Waals surface area contributed by atoms with Gasteiger partial charge >= 0.3 is 0 Å². The van der Waals surface area contributed by atoms with Crippen LogP contribution in [-0.2, 0) is 11.3 Å². The van der Waals surface area contributed by atoms with Crippen molar-refractivity contribution in [1.82, 2.24) is 14.8 Å². The van der Waals surface area contributed by atoms with Gasteiger partial charge in [0.25, 0.3) is 0 Å². The molecular weight excluding hydrogens is 246 g/mol. The summed E-state index contributed by atoms with van der Waals surface area (Å²) >= 11 is 1.75. The number of fused-ring (bicyclic) bond motifs is 2. The van der Waals surface area contributed by atoms with Crippen molar-refractivity contribution in [2.75, 3.05) is 26.3 Å². The highest BCUT2D eigenvalue weighted by molar-refractivity contribution is 7.09. The van der Waals surface area contributed by atoms with Gasteiger partial charge in [-0.3, -0.25) is 9.80 Å². The van der Waals surface area contributed by atoms with E-state index < -0.39 is 0 Å². The third-order valence-electron chi connectivity index (χ3n) is 3.84. The second kappa shape index (κ2) is 5.25. The SMILES string of the molecule is CC(C)N1[C@H]2COC[C@H]1CN(Cc1nccs1)C2. The van der Waals surface area contributed by atoms with E-state index in [1.807, 2.05) is 6.20 Å². The number of rotatable bonds is 3. The van der Waals surface area contributed by atoms with Crippen LogP contribution in [0.5, 0.6) is 0 Å². The molecule has 0 unspecified atom stereocenters. The fraction of sp³-hybridized carbons (Fsp3) is 0.769. The van der Waals surface area contributed by atoms with E-state index in [4.69, 9.17) is 4.74 Å². The van der Waals surface area contributed by atoms with Gasteiger partial charge in [-0.05, 0) is 13.8 Å². The summed E-state index contributed by atoms with van der Waals surface area (Å²) in [4.78, 5) is 9.57. The Morgan fingerprint density at radius 3 is 2.67 bits per heavy atom. The molecule has 2 aliphatic rings. The maximum Gasteiger partial charge on any atom is 0.107 e. The maximum absolute atomic E-state index is 5.72. The lowest BCUT2D eigenvalue weighted by molar-refractivity contribution is -0.111. The highest BCUT2D eigenvalue weighted by atomic mass is 32.1. The molecule has 2 aliphatic heterocycles. The summed E-state index contributed by atoms with van der Waals surface area (Å²) in [5, 5.41) is 3.29. The molecule has 2 fully saturated rings. The van der Waals surface area contributed by atoms with Crippen LogP contribution >= 0.6 is 11.3 Å². The molecule has 100 valence electrons. The van der Waals surface area contributed by atoms with E-state index in [9.17, 15) is 0 Å². The molecule has 0 amide bonds. The molecule has 0 N–H and O–H groups in total. The second-order valence-corrected chi connectivity index (χ2v) is 6.49. The summed E-state index contributed by atoms with van der Waals surface area (Å²) in [6.07, 6.45) is 1.90. The van der Waals surface area contributed by atoms with Crippen LogP contribution in [0.15, 0.2) is 11.6 Å². The average molecular weight is 267 g/mol. The Hall–Kier alpha value is -0.490. The summed E-state index contributed by atoms with van der Waals surface area (Å²) < 4.78 is 5.72. The Balaban J connectivity index is 1.68. The molecule has 2 atom stereocenters. The van der Waals surface area contributed by atoms with Crippen LogP contribution in [0.25, 0.3) is 0 Å². The fourth-order valence-electron chi connectivity index (χ4n) is 3.27. The number of hydrogen-bond acceptors (Lipinski definition) is 5. The molecule has 0 saturated carbocycles. The Kier molecular flexibility index (Phi) is 3.66. The molecule has 0 aliphatic carbocycles. The lowest BCUT2D eigenvalue weighted by Crippen LogP contribution is -2.65. The number of morpholine rings is 1. The lowest BCUT2D eigenvalue weighted by atomic mass is 10.0. The predicted molar refractivity (Wildman–Crippen MR) is 72.8 cm³/mol. The molecule has 18 heavy (non-hydrogen) atoms. The van der Waals surface area contributed by atoms with Gasteiger partial charge in [0.2, 0.25) is 0 Å². The molecule has 2 saturated heterocycles. The number of piperazine rings is 1. The zero-order valence-corrected chi connectivity index (χ0v) is 11.9. The highest BCUT2D eigenvalue weighted by Crippen LogP contribution is 2.25. The van der Waals surface area contributed by atoms with Gasteiger partial charge in [0, 0.05) is 42.8 Å². The van der Waals surface area contributed by atoms with Crippen molar-refractivity contribution in [3.8, 4) is 0 Å². The van der Waals surface area contributed by atoms with Crippen molar-refractivity contribution >= 4 is 11.3 Å². The first-order valence-electron chi connectivity index (χ1n) is 6.70. The minimum Gasteiger partial charge on any atom is -0.378 e. The van der Waals surface area contributed by atoms with Gasteiger partial charge in [-0.1, -0.05) is 0 Å². The van der Waals surface area contributed by atoms with Crippen LogP contribution in [0.4, 0.5) is 0 Å². The molecule has 0 spiro atoms. The van der Waals surface area contributed by atoms with E-state index in [1.165, 1.54) is 5.01 Å². The quantitative estimate of drug-likeness (QED) is 0.828. The normalized spacial score (nSPS) is 29.9. The summed E-state index contributed by atoms with van der Waals surface area (Å²) in [6, 6.07) is 1.72. The summed E-state index contributed by atoms with van der Waals surface area (Å²) in [5.74, 6) is 0.